The van der Waals surface area contributed by atoms with Crippen LogP contribution in [0.1, 0.15) is 29.1 Å². The molecule has 1 fully saturated rings. The number of benzene rings is 2. The minimum atomic E-state index is -0.164. The fraction of sp³-hybridized carbons (Fsp3) is 0.346. The molecule has 2 heterocycles. The molecule has 1 saturated heterocycles. The third-order valence-corrected chi connectivity index (χ3v) is 6.41. The zero-order chi connectivity index (χ0) is 23.2. The lowest BCUT2D eigenvalue weighted by Crippen LogP contribution is -2.36. The third kappa shape index (κ3) is 5.31. The van der Waals surface area contributed by atoms with Crippen molar-refractivity contribution < 1.29 is 19.0 Å². The van der Waals surface area contributed by atoms with Gasteiger partial charge in [0.15, 0.2) is 0 Å². The van der Waals surface area contributed by atoms with Crippen molar-refractivity contribution >= 4 is 28.6 Å². The molecule has 33 heavy (non-hydrogen) atoms. The maximum atomic E-state index is 13.3. The zero-order valence-corrected chi connectivity index (χ0v) is 20.2. The fourth-order valence-electron chi connectivity index (χ4n) is 3.87. The lowest BCUT2D eigenvalue weighted by Gasteiger charge is -2.31. The van der Waals surface area contributed by atoms with Crippen LogP contribution >= 0.6 is 11.3 Å². The van der Waals surface area contributed by atoms with Crippen LogP contribution in [0.25, 0.3) is 11.1 Å². The van der Waals surface area contributed by atoms with Gasteiger partial charge >= 0.3 is 0 Å². The minimum Gasteiger partial charge on any atom is -0.492 e. The number of hydrogen-bond donors (Lipinski definition) is 1. The molecule has 2 aromatic carbocycles. The van der Waals surface area contributed by atoms with E-state index < -0.39 is 0 Å². The number of ether oxygens (including phenoxy) is 3. The monoisotopic (exact) mass is 466 g/mol. The molecule has 1 N–H and O–H groups in total. The van der Waals surface area contributed by atoms with E-state index in [0.29, 0.717) is 42.7 Å². The van der Waals surface area contributed by atoms with Crippen molar-refractivity contribution in [1.82, 2.24) is 0 Å². The second-order valence-electron chi connectivity index (χ2n) is 7.77. The van der Waals surface area contributed by atoms with E-state index in [1.54, 1.807) is 0 Å². The van der Waals surface area contributed by atoms with E-state index in [9.17, 15) is 4.79 Å². The Hall–Kier alpha value is -3.03. The van der Waals surface area contributed by atoms with E-state index in [1.165, 1.54) is 16.9 Å². The highest BCUT2D eigenvalue weighted by atomic mass is 32.1. The predicted octanol–water partition coefficient (Wildman–Crippen LogP) is 5.61. The van der Waals surface area contributed by atoms with Gasteiger partial charge in [0.2, 0.25) is 0 Å². The quantitative estimate of drug-likeness (QED) is 0.468. The minimum absolute atomic E-state index is 0.164. The second-order valence-corrected chi connectivity index (χ2v) is 8.68. The lowest BCUT2D eigenvalue weighted by molar-refractivity contribution is 0.103. The third-order valence-electron chi connectivity index (χ3n) is 5.49. The summed E-state index contributed by atoms with van der Waals surface area (Å²) in [6.07, 6.45) is 0. The largest absolute Gasteiger partial charge is 0.492 e. The smallest absolute Gasteiger partial charge is 0.266 e. The molecule has 6 nitrogen and oxygen atoms in total. The van der Waals surface area contributed by atoms with Crippen LogP contribution in [0.4, 0.5) is 11.4 Å². The summed E-state index contributed by atoms with van der Waals surface area (Å²) in [4.78, 5) is 16.2. The molecule has 0 saturated carbocycles. The summed E-state index contributed by atoms with van der Waals surface area (Å²) in [6, 6.07) is 14.0. The molecule has 0 spiro atoms. The molecule has 4 rings (SSSR count). The Morgan fingerprint density at radius 1 is 1.03 bits per heavy atom. The van der Waals surface area contributed by atoms with Gasteiger partial charge in [0.05, 0.1) is 42.7 Å². The second kappa shape index (κ2) is 10.7. The van der Waals surface area contributed by atoms with E-state index in [0.717, 1.165) is 35.7 Å². The standard InChI is InChI=1S/C26H30N2O4S/c1-4-31-23-17-22(28-11-13-30-14-12-28)24(32-5-2)16-21(23)27-26(29)25-20(10-15-33-25)19-8-6-18(3)7-9-19/h6-10,15-17H,4-5,11-14H2,1-3H3,(H,27,29). The molecule has 1 amide bonds. The SMILES string of the molecule is CCOc1cc(N2CCOCC2)c(OCC)cc1NC(=O)c1sccc1-c1ccc(C)cc1. The summed E-state index contributed by atoms with van der Waals surface area (Å²) in [5.41, 5.74) is 4.69. The number of hydrogen-bond acceptors (Lipinski definition) is 6. The van der Waals surface area contributed by atoms with Crippen LogP contribution in [0.5, 0.6) is 11.5 Å². The van der Waals surface area contributed by atoms with Gasteiger partial charge in [-0.25, -0.2) is 0 Å². The highest BCUT2D eigenvalue weighted by molar-refractivity contribution is 7.12. The highest BCUT2D eigenvalue weighted by Crippen LogP contribution is 2.40. The van der Waals surface area contributed by atoms with Crippen LogP contribution in [0.2, 0.25) is 0 Å². The van der Waals surface area contributed by atoms with Crippen molar-refractivity contribution in [3.8, 4) is 22.6 Å². The summed E-state index contributed by atoms with van der Waals surface area (Å²) in [5, 5.41) is 5.02. The van der Waals surface area contributed by atoms with Crippen LogP contribution in [-0.2, 0) is 4.74 Å². The van der Waals surface area contributed by atoms with Crippen LogP contribution in [-0.4, -0.2) is 45.4 Å². The Morgan fingerprint density at radius 3 is 2.42 bits per heavy atom. The van der Waals surface area contributed by atoms with E-state index in [-0.39, 0.29) is 5.91 Å². The van der Waals surface area contributed by atoms with Gasteiger partial charge in [-0.15, -0.1) is 11.3 Å². The van der Waals surface area contributed by atoms with Gasteiger partial charge < -0.3 is 24.4 Å². The number of anilines is 2. The average Bonchev–Trinajstić information content (AvgIpc) is 3.32. The van der Waals surface area contributed by atoms with Gasteiger partial charge in [0.25, 0.3) is 5.91 Å². The summed E-state index contributed by atoms with van der Waals surface area (Å²) in [7, 11) is 0. The molecule has 0 unspecified atom stereocenters. The maximum absolute atomic E-state index is 13.3. The van der Waals surface area contributed by atoms with Crippen molar-refractivity contribution in [1.29, 1.82) is 0 Å². The Kier molecular flexibility index (Phi) is 7.52. The molecule has 0 bridgehead atoms. The number of nitrogens with one attached hydrogen (secondary N) is 1. The Labute approximate surface area is 199 Å². The van der Waals surface area contributed by atoms with Crippen LogP contribution < -0.4 is 19.7 Å². The zero-order valence-electron chi connectivity index (χ0n) is 19.3. The molecular formula is C26H30N2O4S. The number of carbonyl (C=O) groups excluding carboxylic acids is 1. The van der Waals surface area contributed by atoms with E-state index in [2.05, 4.69) is 29.3 Å². The molecule has 174 valence electrons. The van der Waals surface area contributed by atoms with Crippen molar-refractivity contribution in [3.05, 3.63) is 58.3 Å². The van der Waals surface area contributed by atoms with Crippen LogP contribution in [0, 0.1) is 6.92 Å². The topological polar surface area (TPSA) is 60.0 Å². The first-order valence-corrected chi connectivity index (χ1v) is 12.2. The van der Waals surface area contributed by atoms with Crippen molar-refractivity contribution in [2.45, 2.75) is 20.8 Å². The van der Waals surface area contributed by atoms with Crippen molar-refractivity contribution in [2.75, 3.05) is 49.7 Å². The number of aryl methyl sites for hydroxylation is 1. The van der Waals surface area contributed by atoms with Crippen LogP contribution in [0.15, 0.2) is 47.8 Å². The molecule has 0 radical (unpaired) electrons. The number of carbonyl (C=O) groups is 1. The fourth-order valence-corrected chi connectivity index (χ4v) is 4.68. The number of thiophene rings is 1. The molecule has 0 aliphatic carbocycles. The molecule has 1 aliphatic heterocycles. The van der Waals surface area contributed by atoms with Gasteiger partial charge in [0.1, 0.15) is 11.5 Å². The van der Waals surface area contributed by atoms with Gasteiger partial charge in [0, 0.05) is 30.8 Å². The summed E-state index contributed by atoms with van der Waals surface area (Å²) in [5.74, 6) is 1.19. The number of nitrogens with zero attached hydrogens (tertiary/aromatic N) is 1. The lowest BCUT2D eigenvalue weighted by atomic mass is 10.0. The molecule has 3 aromatic rings. The van der Waals surface area contributed by atoms with Crippen molar-refractivity contribution in [2.24, 2.45) is 0 Å². The molecule has 7 heteroatoms. The molecular weight excluding hydrogens is 436 g/mol. The van der Waals surface area contributed by atoms with Gasteiger partial charge in [-0.3, -0.25) is 4.79 Å². The van der Waals surface area contributed by atoms with E-state index in [1.807, 2.05) is 49.6 Å². The Morgan fingerprint density at radius 2 is 1.73 bits per heavy atom. The molecule has 1 aliphatic rings. The van der Waals surface area contributed by atoms with E-state index in [4.69, 9.17) is 14.2 Å². The van der Waals surface area contributed by atoms with Gasteiger partial charge in [-0.2, -0.15) is 0 Å². The number of morpholine rings is 1. The van der Waals surface area contributed by atoms with Crippen molar-refractivity contribution in [3.63, 3.8) is 0 Å². The first-order chi connectivity index (χ1) is 16.1. The first kappa shape index (κ1) is 23.1. The van der Waals surface area contributed by atoms with Gasteiger partial charge in [-0.05, 0) is 37.8 Å². The Bertz CT molecular complexity index is 1090. The number of amides is 1. The normalized spacial score (nSPS) is 13.6. The predicted molar refractivity (Wildman–Crippen MR) is 134 cm³/mol. The highest BCUT2D eigenvalue weighted by Gasteiger charge is 2.22. The summed E-state index contributed by atoms with van der Waals surface area (Å²) >= 11 is 1.43. The van der Waals surface area contributed by atoms with Crippen LogP contribution in [0.3, 0.4) is 0 Å². The molecule has 1 aromatic heterocycles. The molecule has 0 atom stereocenters. The maximum Gasteiger partial charge on any atom is 0.266 e. The summed E-state index contributed by atoms with van der Waals surface area (Å²) < 4.78 is 17.4. The Balaban J connectivity index is 1.66. The summed E-state index contributed by atoms with van der Waals surface area (Å²) in [6.45, 7) is 9.88. The average molecular weight is 467 g/mol. The van der Waals surface area contributed by atoms with E-state index >= 15 is 0 Å². The first-order valence-electron chi connectivity index (χ1n) is 11.3. The van der Waals surface area contributed by atoms with Gasteiger partial charge in [-0.1, -0.05) is 29.8 Å². The number of rotatable bonds is 8.